The summed E-state index contributed by atoms with van der Waals surface area (Å²) in [5.74, 6) is 1.19. The molecule has 1 rings (SSSR count). The van der Waals surface area contributed by atoms with Gasteiger partial charge in [0.25, 0.3) is 0 Å². The molecule has 0 saturated heterocycles. The van der Waals surface area contributed by atoms with Crippen LogP contribution in [0.1, 0.15) is 33.6 Å². The fourth-order valence-electron chi connectivity index (χ4n) is 2.15. The van der Waals surface area contributed by atoms with Crippen molar-refractivity contribution in [2.75, 3.05) is 6.61 Å². The molecule has 0 amide bonds. The zero-order valence-electron chi connectivity index (χ0n) is 8.17. The molecular formula is C10H18O2. The molecule has 2 unspecified atom stereocenters. The Morgan fingerprint density at radius 1 is 1.33 bits per heavy atom. The number of esters is 1. The van der Waals surface area contributed by atoms with Crippen LogP contribution in [0.3, 0.4) is 0 Å². The van der Waals surface area contributed by atoms with E-state index in [2.05, 4.69) is 13.8 Å². The van der Waals surface area contributed by atoms with Crippen LogP contribution < -0.4 is 0 Å². The van der Waals surface area contributed by atoms with Gasteiger partial charge in [0, 0.05) is 0 Å². The van der Waals surface area contributed by atoms with Crippen LogP contribution in [-0.4, -0.2) is 12.6 Å². The molecule has 0 heterocycles. The first-order valence-electron chi connectivity index (χ1n) is 4.83. The van der Waals surface area contributed by atoms with Crippen LogP contribution in [0, 0.1) is 17.8 Å². The molecule has 0 radical (unpaired) electrons. The van der Waals surface area contributed by atoms with Crippen LogP contribution in [0.2, 0.25) is 0 Å². The number of rotatable bonds is 2. The predicted molar refractivity (Wildman–Crippen MR) is 47.7 cm³/mol. The van der Waals surface area contributed by atoms with E-state index in [9.17, 15) is 4.79 Å². The Labute approximate surface area is 74.3 Å². The lowest BCUT2D eigenvalue weighted by molar-refractivity contribution is -0.150. The molecule has 2 heteroatoms. The Kier molecular flexibility index (Phi) is 3.12. The molecule has 1 saturated carbocycles. The molecule has 0 aliphatic heterocycles. The van der Waals surface area contributed by atoms with Crippen molar-refractivity contribution in [1.82, 2.24) is 0 Å². The quantitative estimate of drug-likeness (QED) is 0.594. The second-order valence-corrected chi connectivity index (χ2v) is 3.81. The summed E-state index contributed by atoms with van der Waals surface area (Å²) in [4.78, 5) is 11.4. The number of hydrogen-bond donors (Lipinski definition) is 0. The van der Waals surface area contributed by atoms with E-state index in [1.807, 2.05) is 6.92 Å². The molecule has 1 aliphatic carbocycles. The maximum absolute atomic E-state index is 11.4. The lowest BCUT2D eigenvalue weighted by atomic mass is 9.92. The van der Waals surface area contributed by atoms with E-state index in [1.165, 1.54) is 12.8 Å². The van der Waals surface area contributed by atoms with Gasteiger partial charge in [-0.2, -0.15) is 0 Å². The van der Waals surface area contributed by atoms with Crippen molar-refractivity contribution in [1.29, 1.82) is 0 Å². The number of carbonyl (C=O) groups excluding carboxylic acids is 1. The Balaban J connectivity index is 2.53. The molecule has 0 spiro atoms. The first-order valence-corrected chi connectivity index (χ1v) is 4.83. The lowest BCUT2D eigenvalue weighted by Gasteiger charge is -2.17. The Bertz CT molecular complexity index is 155. The summed E-state index contributed by atoms with van der Waals surface area (Å²) in [5.41, 5.74) is 0. The van der Waals surface area contributed by atoms with Gasteiger partial charge in [-0.15, -0.1) is 0 Å². The average Bonchev–Trinajstić information content (AvgIpc) is 2.32. The molecule has 0 bridgehead atoms. The Morgan fingerprint density at radius 2 is 1.83 bits per heavy atom. The maximum atomic E-state index is 11.4. The summed E-state index contributed by atoms with van der Waals surface area (Å²) in [5, 5.41) is 0. The highest BCUT2D eigenvalue weighted by atomic mass is 16.5. The minimum absolute atomic E-state index is 0.00926. The van der Waals surface area contributed by atoms with Crippen molar-refractivity contribution >= 4 is 5.97 Å². The zero-order valence-corrected chi connectivity index (χ0v) is 8.17. The normalized spacial score (nSPS) is 35.1. The van der Waals surface area contributed by atoms with Crippen LogP contribution >= 0.6 is 0 Å². The molecule has 0 aromatic heterocycles. The first-order chi connectivity index (χ1) is 5.66. The van der Waals surface area contributed by atoms with Crippen molar-refractivity contribution in [3.8, 4) is 0 Å². The van der Waals surface area contributed by atoms with Gasteiger partial charge >= 0.3 is 5.97 Å². The third kappa shape index (κ3) is 1.79. The number of ether oxygens (including phenoxy) is 1. The monoisotopic (exact) mass is 170 g/mol. The molecule has 12 heavy (non-hydrogen) atoms. The molecule has 2 nitrogen and oxygen atoms in total. The average molecular weight is 170 g/mol. The molecular weight excluding hydrogens is 152 g/mol. The van der Waals surface area contributed by atoms with E-state index in [4.69, 9.17) is 4.74 Å². The molecule has 3 atom stereocenters. The zero-order chi connectivity index (χ0) is 9.14. The van der Waals surface area contributed by atoms with Crippen molar-refractivity contribution in [2.24, 2.45) is 17.8 Å². The van der Waals surface area contributed by atoms with Crippen LogP contribution in [0.5, 0.6) is 0 Å². The van der Waals surface area contributed by atoms with E-state index < -0.39 is 0 Å². The fraction of sp³-hybridized carbons (Fsp3) is 0.900. The van der Waals surface area contributed by atoms with Gasteiger partial charge < -0.3 is 4.74 Å². The van der Waals surface area contributed by atoms with Gasteiger partial charge in [0.15, 0.2) is 0 Å². The summed E-state index contributed by atoms with van der Waals surface area (Å²) >= 11 is 0. The fourth-order valence-corrected chi connectivity index (χ4v) is 2.15. The third-order valence-electron chi connectivity index (χ3n) is 2.86. The summed E-state index contributed by atoms with van der Waals surface area (Å²) in [6.45, 7) is 6.66. The Morgan fingerprint density at radius 3 is 2.25 bits per heavy atom. The van der Waals surface area contributed by atoms with Crippen LogP contribution in [0.4, 0.5) is 0 Å². The van der Waals surface area contributed by atoms with E-state index in [0.717, 1.165) is 0 Å². The maximum Gasteiger partial charge on any atom is 0.309 e. The van der Waals surface area contributed by atoms with Gasteiger partial charge in [0.05, 0.1) is 12.5 Å². The molecule has 1 aliphatic rings. The molecule has 70 valence electrons. The highest BCUT2D eigenvalue weighted by Crippen LogP contribution is 2.37. The summed E-state index contributed by atoms with van der Waals surface area (Å²) in [6, 6.07) is 0. The highest BCUT2D eigenvalue weighted by molar-refractivity contribution is 5.73. The van der Waals surface area contributed by atoms with Crippen LogP contribution in [-0.2, 0) is 9.53 Å². The molecule has 0 N–H and O–H groups in total. The van der Waals surface area contributed by atoms with Gasteiger partial charge in [-0.1, -0.05) is 13.8 Å². The molecule has 1 fully saturated rings. The summed E-state index contributed by atoms with van der Waals surface area (Å²) < 4.78 is 5.03. The second kappa shape index (κ2) is 3.92. The highest BCUT2D eigenvalue weighted by Gasteiger charge is 2.36. The number of hydrogen-bond acceptors (Lipinski definition) is 2. The van der Waals surface area contributed by atoms with Crippen molar-refractivity contribution in [2.45, 2.75) is 33.6 Å². The van der Waals surface area contributed by atoms with Gasteiger partial charge in [-0.05, 0) is 31.6 Å². The van der Waals surface area contributed by atoms with E-state index >= 15 is 0 Å². The van der Waals surface area contributed by atoms with Gasteiger partial charge in [0.2, 0.25) is 0 Å². The lowest BCUT2D eigenvalue weighted by Crippen LogP contribution is -2.24. The number of carbonyl (C=O) groups is 1. The van der Waals surface area contributed by atoms with Gasteiger partial charge in [0.1, 0.15) is 0 Å². The predicted octanol–water partition coefficient (Wildman–Crippen LogP) is 2.23. The first kappa shape index (κ1) is 9.56. The summed E-state index contributed by atoms with van der Waals surface area (Å²) in [6.07, 6.45) is 2.34. The standard InChI is InChI=1S/C10H18O2/c1-4-12-10(11)9-7(2)5-6-8(9)3/h7-9H,4-6H2,1-3H3/t7-,8?,9?/m0/s1. The molecule has 0 aromatic carbocycles. The van der Waals surface area contributed by atoms with E-state index in [1.54, 1.807) is 0 Å². The largest absolute Gasteiger partial charge is 0.466 e. The van der Waals surface area contributed by atoms with Gasteiger partial charge in [-0.25, -0.2) is 0 Å². The molecule has 0 aromatic rings. The van der Waals surface area contributed by atoms with Crippen LogP contribution in [0.15, 0.2) is 0 Å². The SMILES string of the molecule is CCOC(=O)C1C(C)CC[C@@H]1C. The Hall–Kier alpha value is -0.530. The van der Waals surface area contributed by atoms with Crippen molar-refractivity contribution in [3.63, 3.8) is 0 Å². The van der Waals surface area contributed by atoms with Crippen LogP contribution in [0.25, 0.3) is 0 Å². The minimum atomic E-state index is 0.00926. The van der Waals surface area contributed by atoms with E-state index in [-0.39, 0.29) is 11.9 Å². The second-order valence-electron chi connectivity index (χ2n) is 3.81. The van der Waals surface area contributed by atoms with Crippen molar-refractivity contribution < 1.29 is 9.53 Å². The van der Waals surface area contributed by atoms with Crippen molar-refractivity contribution in [3.05, 3.63) is 0 Å². The third-order valence-corrected chi connectivity index (χ3v) is 2.86. The van der Waals surface area contributed by atoms with Gasteiger partial charge in [-0.3, -0.25) is 4.79 Å². The minimum Gasteiger partial charge on any atom is -0.466 e. The smallest absolute Gasteiger partial charge is 0.309 e. The summed E-state index contributed by atoms with van der Waals surface area (Å²) in [7, 11) is 0. The topological polar surface area (TPSA) is 26.3 Å². The van der Waals surface area contributed by atoms with E-state index in [0.29, 0.717) is 18.4 Å².